The molecule has 5 rings (SSSR count). The van der Waals surface area contributed by atoms with Crippen molar-refractivity contribution in [2.45, 2.75) is 18.9 Å². The summed E-state index contributed by atoms with van der Waals surface area (Å²) >= 11 is 0. The van der Waals surface area contributed by atoms with Gasteiger partial charge in [-0.2, -0.15) is 5.10 Å². The van der Waals surface area contributed by atoms with Crippen molar-refractivity contribution in [3.05, 3.63) is 66.7 Å². The number of fused-ring (bicyclic) bond motifs is 1. The molecule has 0 spiro atoms. The highest BCUT2D eigenvalue weighted by atomic mass is 16.5. The molecule has 33 heavy (non-hydrogen) atoms. The molecule has 0 unspecified atom stereocenters. The number of pyridine rings is 2. The topological polar surface area (TPSA) is 85.2 Å². The van der Waals surface area contributed by atoms with Crippen molar-refractivity contribution in [2.24, 2.45) is 7.05 Å². The minimum absolute atomic E-state index is 0.128. The first-order valence-corrected chi connectivity index (χ1v) is 11.0. The summed E-state index contributed by atoms with van der Waals surface area (Å²) in [5.74, 6) is 0.719. The fourth-order valence-electron chi connectivity index (χ4n) is 4.04. The Balaban J connectivity index is 1.31. The number of aryl methyl sites for hydroxylation is 1. The van der Waals surface area contributed by atoms with Gasteiger partial charge in [-0.15, -0.1) is 0 Å². The molecule has 1 fully saturated rings. The third kappa shape index (κ3) is 4.85. The van der Waals surface area contributed by atoms with Crippen LogP contribution < -0.4 is 10.1 Å². The number of anilines is 1. The molecule has 1 aromatic carbocycles. The highest BCUT2D eigenvalue weighted by Crippen LogP contribution is 2.25. The molecule has 4 aromatic rings. The Morgan fingerprint density at radius 1 is 1.00 bits per heavy atom. The van der Waals surface area contributed by atoms with E-state index in [2.05, 4.69) is 38.4 Å². The fraction of sp³-hybridized carbons (Fsp3) is 0.280. The van der Waals surface area contributed by atoms with E-state index in [1.807, 2.05) is 37.6 Å². The summed E-state index contributed by atoms with van der Waals surface area (Å²) < 4.78 is 7.79. The van der Waals surface area contributed by atoms with Gasteiger partial charge < -0.3 is 15.0 Å². The average Bonchev–Trinajstić information content (AvgIpc) is 3.26. The van der Waals surface area contributed by atoms with Crippen LogP contribution in [-0.2, 0) is 7.05 Å². The normalized spacial score (nSPS) is 15.0. The van der Waals surface area contributed by atoms with Crippen LogP contribution in [0.4, 0.5) is 5.82 Å². The van der Waals surface area contributed by atoms with E-state index in [1.165, 1.54) is 0 Å². The Hall–Kier alpha value is -3.78. The highest BCUT2D eigenvalue weighted by Gasteiger charge is 2.19. The lowest BCUT2D eigenvalue weighted by Gasteiger charge is -2.28. The maximum Gasteiger partial charge on any atom is 0.257 e. The minimum Gasteiger partial charge on any atom is -0.474 e. The van der Waals surface area contributed by atoms with Gasteiger partial charge in [-0.3, -0.25) is 9.48 Å². The van der Waals surface area contributed by atoms with Crippen molar-refractivity contribution in [1.82, 2.24) is 24.6 Å². The van der Waals surface area contributed by atoms with Crippen molar-refractivity contribution in [3.63, 3.8) is 0 Å². The Morgan fingerprint density at radius 3 is 2.64 bits per heavy atom. The van der Waals surface area contributed by atoms with Crippen molar-refractivity contribution in [3.8, 4) is 17.0 Å². The zero-order valence-electron chi connectivity index (χ0n) is 18.7. The maximum atomic E-state index is 12.9. The third-order valence-electron chi connectivity index (χ3n) is 5.95. The van der Waals surface area contributed by atoms with Crippen molar-refractivity contribution in [1.29, 1.82) is 0 Å². The molecule has 4 heterocycles. The monoisotopic (exact) mass is 442 g/mol. The van der Waals surface area contributed by atoms with Crippen molar-refractivity contribution >= 4 is 22.5 Å². The van der Waals surface area contributed by atoms with Crippen LogP contribution >= 0.6 is 0 Å². The van der Waals surface area contributed by atoms with Crippen LogP contribution in [-0.4, -0.2) is 56.8 Å². The van der Waals surface area contributed by atoms with E-state index in [1.54, 1.807) is 29.2 Å². The van der Waals surface area contributed by atoms with E-state index < -0.39 is 0 Å². The zero-order chi connectivity index (χ0) is 22.8. The second-order valence-electron chi connectivity index (χ2n) is 8.49. The molecule has 0 atom stereocenters. The zero-order valence-corrected chi connectivity index (χ0v) is 18.7. The van der Waals surface area contributed by atoms with E-state index in [0.29, 0.717) is 17.3 Å². The summed E-state index contributed by atoms with van der Waals surface area (Å²) in [6.45, 7) is 2.00. The summed E-state index contributed by atoms with van der Waals surface area (Å²) in [5.41, 5.74) is 2.58. The molecule has 8 nitrogen and oxygen atoms in total. The molecule has 1 aliphatic heterocycles. The van der Waals surface area contributed by atoms with Gasteiger partial charge >= 0.3 is 0 Å². The number of carbonyl (C=O) groups is 1. The number of hydrogen-bond acceptors (Lipinski definition) is 6. The predicted octanol–water partition coefficient (Wildman–Crippen LogP) is 3.76. The molecular formula is C25H26N6O2. The van der Waals surface area contributed by atoms with Gasteiger partial charge in [0.1, 0.15) is 11.9 Å². The van der Waals surface area contributed by atoms with Crippen LogP contribution in [0, 0.1) is 0 Å². The van der Waals surface area contributed by atoms with Gasteiger partial charge in [0.25, 0.3) is 5.91 Å². The standard InChI is InChI=1S/C25H26N6O2/c1-30-9-6-22(7-10-30)33-24-13-18(5-8-26-24)25(32)29-23-12-20-11-17(3-4-19(20)14-27-23)21-15-28-31(2)16-21/h3-5,8,11-16,22H,6-7,9-10H2,1-2H3,(H,27,29,32). The molecule has 1 saturated heterocycles. The Morgan fingerprint density at radius 2 is 1.85 bits per heavy atom. The van der Waals surface area contributed by atoms with Crippen LogP contribution in [0.15, 0.2) is 61.2 Å². The van der Waals surface area contributed by atoms with Crippen LogP contribution in [0.2, 0.25) is 0 Å². The molecule has 0 bridgehead atoms. The molecule has 168 valence electrons. The van der Waals surface area contributed by atoms with E-state index in [4.69, 9.17) is 4.74 Å². The number of amides is 1. The Labute approximate surface area is 192 Å². The van der Waals surface area contributed by atoms with Crippen molar-refractivity contribution < 1.29 is 9.53 Å². The molecular weight excluding hydrogens is 416 g/mol. The summed E-state index contributed by atoms with van der Waals surface area (Å²) in [7, 11) is 4.01. The van der Waals surface area contributed by atoms with Gasteiger partial charge in [0.15, 0.2) is 0 Å². The first-order chi connectivity index (χ1) is 16.0. The smallest absolute Gasteiger partial charge is 0.257 e. The van der Waals surface area contributed by atoms with E-state index in [-0.39, 0.29) is 12.0 Å². The predicted molar refractivity (Wildman–Crippen MR) is 127 cm³/mol. The van der Waals surface area contributed by atoms with Crippen molar-refractivity contribution in [2.75, 3.05) is 25.5 Å². The number of ether oxygens (including phenoxy) is 1. The lowest BCUT2D eigenvalue weighted by molar-refractivity contribution is 0.101. The number of likely N-dealkylation sites (tertiary alicyclic amines) is 1. The lowest BCUT2D eigenvalue weighted by Crippen LogP contribution is -2.35. The van der Waals surface area contributed by atoms with Gasteiger partial charge in [0.2, 0.25) is 5.88 Å². The Kier molecular flexibility index (Phi) is 5.75. The van der Waals surface area contributed by atoms with Crippen LogP contribution in [0.1, 0.15) is 23.2 Å². The summed E-state index contributed by atoms with van der Waals surface area (Å²) in [6, 6.07) is 11.4. The quantitative estimate of drug-likeness (QED) is 0.507. The second kappa shape index (κ2) is 8.99. The number of carbonyl (C=O) groups excluding carboxylic acids is 1. The molecule has 0 radical (unpaired) electrons. The van der Waals surface area contributed by atoms with Crippen LogP contribution in [0.25, 0.3) is 21.9 Å². The number of aromatic nitrogens is 4. The van der Waals surface area contributed by atoms with Gasteiger partial charge in [-0.1, -0.05) is 12.1 Å². The number of piperidine rings is 1. The van der Waals surface area contributed by atoms with Gasteiger partial charge in [-0.25, -0.2) is 9.97 Å². The molecule has 1 aliphatic rings. The van der Waals surface area contributed by atoms with E-state index in [9.17, 15) is 4.79 Å². The molecule has 0 aliphatic carbocycles. The molecule has 3 aromatic heterocycles. The van der Waals surface area contributed by atoms with E-state index in [0.717, 1.165) is 47.8 Å². The highest BCUT2D eigenvalue weighted by molar-refractivity contribution is 6.04. The molecule has 0 saturated carbocycles. The molecule has 1 N–H and O–H groups in total. The SMILES string of the molecule is CN1CCC(Oc2cc(C(=O)Nc3cc4cc(-c5cnn(C)c5)ccc4cn3)ccn2)CC1. The second-order valence-corrected chi connectivity index (χ2v) is 8.49. The Bertz CT molecular complexity index is 1290. The third-order valence-corrected chi connectivity index (χ3v) is 5.95. The minimum atomic E-state index is -0.249. The number of nitrogens with zero attached hydrogens (tertiary/aromatic N) is 5. The van der Waals surface area contributed by atoms with Gasteiger partial charge in [-0.05, 0) is 49.0 Å². The molecule has 1 amide bonds. The summed E-state index contributed by atoms with van der Waals surface area (Å²) in [4.78, 5) is 23.8. The lowest BCUT2D eigenvalue weighted by atomic mass is 10.1. The fourth-order valence-corrected chi connectivity index (χ4v) is 4.04. The number of benzene rings is 1. The number of nitrogens with one attached hydrogen (secondary N) is 1. The largest absolute Gasteiger partial charge is 0.474 e. The van der Waals surface area contributed by atoms with Crippen LogP contribution in [0.5, 0.6) is 5.88 Å². The first-order valence-electron chi connectivity index (χ1n) is 11.0. The van der Waals surface area contributed by atoms with Crippen LogP contribution in [0.3, 0.4) is 0 Å². The first kappa shape index (κ1) is 21.1. The number of hydrogen-bond donors (Lipinski definition) is 1. The summed E-state index contributed by atoms with van der Waals surface area (Å²) in [6.07, 6.45) is 9.21. The van der Waals surface area contributed by atoms with E-state index >= 15 is 0 Å². The molecule has 8 heteroatoms. The number of rotatable bonds is 5. The average molecular weight is 443 g/mol. The van der Waals surface area contributed by atoms with Gasteiger partial charge in [0, 0.05) is 61.3 Å². The maximum absolute atomic E-state index is 12.9. The summed E-state index contributed by atoms with van der Waals surface area (Å²) in [5, 5.41) is 9.12. The van der Waals surface area contributed by atoms with Gasteiger partial charge in [0.05, 0.1) is 6.20 Å².